The van der Waals surface area contributed by atoms with Gasteiger partial charge in [0.15, 0.2) is 0 Å². The highest BCUT2D eigenvalue weighted by molar-refractivity contribution is 7.91. The van der Waals surface area contributed by atoms with Crippen molar-refractivity contribution in [3.8, 4) is 0 Å². The van der Waals surface area contributed by atoms with Crippen molar-refractivity contribution in [1.82, 2.24) is 14.5 Å². The van der Waals surface area contributed by atoms with Crippen LogP contribution in [0.25, 0.3) is 0 Å². The quantitative estimate of drug-likeness (QED) is 0.637. The average Bonchev–Trinajstić information content (AvgIpc) is 3.33. The molecule has 1 atom stereocenters. The lowest BCUT2D eigenvalue weighted by Crippen LogP contribution is -2.44. The molecule has 0 saturated carbocycles. The third-order valence-electron chi connectivity index (χ3n) is 5.82. The second-order valence-corrected chi connectivity index (χ2v) is 10.6. The molecule has 0 bridgehead atoms. The lowest BCUT2D eigenvalue weighted by Gasteiger charge is -2.32. The van der Waals surface area contributed by atoms with Gasteiger partial charge in [-0.25, -0.2) is 8.42 Å². The molecule has 0 aliphatic carbocycles. The summed E-state index contributed by atoms with van der Waals surface area (Å²) in [5.74, 6) is -0.121. The molecule has 30 heavy (non-hydrogen) atoms. The molecular formula is C22H31N3O3S2. The van der Waals surface area contributed by atoms with Crippen LogP contribution in [0.4, 0.5) is 0 Å². The first-order valence-corrected chi connectivity index (χ1v) is 12.9. The number of sulfonamides is 1. The average molecular weight is 450 g/mol. The number of hydrogen-bond donors (Lipinski definition) is 1. The fourth-order valence-corrected chi connectivity index (χ4v) is 6.65. The van der Waals surface area contributed by atoms with Gasteiger partial charge < -0.3 is 5.32 Å². The van der Waals surface area contributed by atoms with Gasteiger partial charge in [0.25, 0.3) is 10.0 Å². The fourth-order valence-electron chi connectivity index (χ4n) is 4.03. The van der Waals surface area contributed by atoms with E-state index in [4.69, 9.17) is 0 Å². The molecule has 2 aromatic rings. The summed E-state index contributed by atoms with van der Waals surface area (Å²) in [4.78, 5) is 15.2. The molecule has 1 aromatic heterocycles. The number of nitrogens with one attached hydrogen (secondary N) is 1. The van der Waals surface area contributed by atoms with Gasteiger partial charge >= 0.3 is 0 Å². The number of thiophene rings is 1. The minimum atomic E-state index is -3.43. The third-order valence-corrected chi connectivity index (χ3v) is 9.09. The lowest BCUT2D eigenvalue weighted by molar-refractivity contribution is -0.126. The fraction of sp³-hybridized carbons (Fsp3) is 0.500. The predicted molar refractivity (Wildman–Crippen MR) is 121 cm³/mol. The maximum atomic E-state index is 12.8. The number of benzene rings is 1. The summed E-state index contributed by atoms with van der Waals surface area (Å²) in [6.07, 6.45) is 1.11. The minimum absolute atomic E-state index is 0.0243. The van der Waals surface area contributed by atoms with Gasteiger partial charge in [0, 0.05) is 25.6 Å². The summed E-state index contributed by atoms with van der Waals surface area (Å²) in [6, 6.07) is 13.8. The van der Waals surface area contributed by atoms with Crippen LogP contribution in [0, 0.1) is 5.92 Å². The monoisotopic (exact) mass is 449 g/mol. The van der Waals surface area contributed by atoms with Gasteiger partial charge in [-0.05, 0) is 42.9 Å². The number of carbonyl (C=O) groups is 1. The zero-order valence-electron chi connectivity index (χ0n) is 17.7. The first-order chi connectivity index (χ1) is 14.5. The Kier molecular flexibility index (Phi) is 8.05. The van der Waals surface area contributed by atoms with E-state index < -0.39 is 10.0 Å². The summed E-state index contributed by atoms with van der Waals surface area (Å²) < 4.78 is 27.2. The largest absolute Gasteiger partial charge is 0.354 e. The zero-order chi connectivity index (χ0) is 21.6. The van der Waals surface area contributed by atoms with Crippen molar-refractivity contribution in [3.05, 3.63) is 53.4 Å². The van der Waals surface area contributed by atoms with Gasteiger partial charge in [0.2, 0.25) is 5.91 Å². The number of hydrogen-bond acceptors (Lipinski definition) is 5. The second kappa shape index (κ2) is 10.5. The van der Waals surface area contributed by atoms with Crippen molar-refractivity contribution in [2.75, 3.05) is 32.7 Å². The zero-order valence-corrected chi connectivity index (χ0v) is 19.3. The van der Waals surface area contributed by atoms with E-state index in [2.05, 4.69) is 36.2 Å². The molecule has 6 nitrogen and oxygen atoms in total. The van der Waals surface area contributed by atoms with E-state index in [9.17, 15) is 13.2 Å². The molecule has 0 spiro atoms. The first kappa shape index (κ1) is 22.9. The molecule has 8 heteroatoms. The van der Waals surface area contributed by atoms with Gasteiger partial charge in [0.05, 0.1) is 6.04 Å². The van der Waals surface area contributed by atoms with Gasteiger partial charge in [-0.2, -0.15) is 4.31 Å². The van der Waals surface area contributed by atoms with Crippen LogP contribution < -0.4 is 5.32 Å². The highest BCUT2D eigenvalue weighted by Crippen LogP contribution is 2.27. The number of nitrogens with zero attached hydrogens (tertiary/aromatic N) is 2. The normalized spacial score (nSPS) is 17.2. The van der Waals surface area contributed by atoms with Crippen LogP contribution in [0.15, 0.2) is 52.1 Å². The summed E-state index contributed by atoms with van der Waals surface area (Å²) in [7, 11) is -3.43. The Balaban J connectivity index is 1.57. The van der Waals surface area contributed by atoms with Gasteiger partial charge in [-0.3, -0.25) is 9.69 Å². The Labute approximate surface area is 183 Å². The van der Waals surface area contributed by atoms with Crippen LogP contribution in [0.5, 0.6) is 0 Å². The van der Waals surface area contributed by atoms with Crippen molar-refractivity contribution in [1.29, 1.82) is 0 Å². The summed E-state index contributed by atoms with van der Waals surface area (Å²) in [5, 5.41) is 4.90. The number of piperidine rings is 1. The van der Waals surface area contributed by atoms with Crippen LogP contribution in [-0.2, 0) is 14.8 Å². The van der Waals surface area contributed by atoms with Crippen LogP contribution in [-0.4, -0.2) is 56.3 Å². The lowest BCUT2D eigenvalue weighted by atomic mass is 9.97. The maximum Gasteiger partial charge on any atom is 0.252 e. The maximum absolute atomic E-state index is 12.8. The van der Waals surface area contributed by atoms with Crippen molar-refractivity contribution in [2.45, 2.75) is 36.9 Å². The SMILES string of the molecule is CCN(CC)[C@@H](CNC(=O)C1CCN(S(=O)(=O)c2cccs2)CC1)c1ccccc1. The Morgan fingerprint density at radius 3 is 2.37 bits per heavy atom. The van der Waals surface area contributed by atoms with E-state index in [0.717, 1.165) is 13.1 Å². The standard InChI is InChI=1S/C22H31N3O3S2/c1-3-24(4-2)20(18-9-6-5-7-10-18)17-23-22(26)19-12-14-25(15-13-19)30(27,28)21-11-8-16-29-21/h5-11,16,19-20H,3-4,12-15,17H2,1-2H3,(H,23,26)/t20-/m0/s1. The van der Waals surface area contributed by atoms with E-state index in [1.165, 1.54) is 21.2 Å². The molecule has 2 heterocycles. The van der Waals surface area contributed by atoms with E-state index in [1.54, 1.807) is 17.5 Å². The Hall–Kier alpha value is -1.74. The van der Waals surface area contributed by atoms with Crippen molar-refractivity contribution in [2.24, 2.45) is 5.92 Å². The molecule has 1 aromatic carbocycles. The van der Waals surface area contributed by atoms with E-state index in [-0.39, 0.29) is 17.9 Å². The molecule has 1 amide bonds. The van der Waals surface area contributed by atoms with Gasteiger partial charge in [0.1, 0.15) is 4.21 Å². The smallest absolute Gasteiger partial charge is 0.252 e. The molecule has 1 aliphatic rings. The molecule has 1 N–H and O–H groups in total. The Morgan fingerprint density at radius 1 is 1.13 bits per heavy atom. The van der Waals surface area contributed by atoms with Crippen molar-refractivity contribution < 1.29 is 13.2 Å². The third kappa shape index (κ3) is 5.29. The topological polar surface area (TPSA) is 69.7 Å². The number of likely N-dealkylation sites (N-methyl/N-ethyl adjacent to an activating group) is 1. The highest BCUT2D eigenvalue weighted by Gasteiger charge is 2.32. The Morgan fingerprint density at radius 2 is 1.80 bits per heavy atom. The molecule has 0 unspecified atom stereocenters. The van der Waals surface area contributed by atoms with E-state index in [1.807, 2.05) is 18.2 Å². The van der Waals surface area contributed by atoms with Crippen LogP contribution >= 0.6 is 11.3 Å². The molecule has 3 rings (SSSR count). The molecule has 1 aliphatic heterocycles. The summed E-state index contributed by atoms with van der Waals surface area (Å²) in [5.41, 5.74) is 1.19. The molecular weight excluding hydrogens is 418 g/mol. The van der Waals surface area contributed by atoms with Crippen LogP contribution in [0.2, 0.25) is 0 Å². The molecule has 1 saturated heterocycles. The van der Waals surface area contributed by atoms with Crippen molar-refractivity contribution in [3.63, 3.8) is 0 Å². The minimum Gasteiger partial charge on any atom is -0.354 e. The second-order valence-electron chi connectivity index (χ2n) is 7.50. The Bertz CT molecular complexity index is 889. The van der Waals surface area contributed by atoms with Crippen LogP contribution in [0.3, 0.4) is 0 Å². The molecule has 0 radical (unpaired) electrons. The summed E-state index contributed by atoms with van der Waals surface area (Å²) >= 11 is 1.23. The van der Waals surface area contributed by atoms with Crippen LogP contribution in [0.1, 0.15) is 38.3 Å². The first-order valence-electron chi connectivity index (χ1n) is 10.6. The molecule has 1 fully saturated rings. The van der Waals surface area contributed by atoms with Crippen molar-refractivity contribution >= 4 is 27.3 Å². The highest BCUT2D eigenvalue weighted by atomic mass is 32.2. The number of amides is 1. The van der Waals surface area contributed by atoms with Gasteiger partial charge in [-0.1, -0.05) is 50.2 Å². The predicted octanol–water partition coefficient (Wildman–Crippen LogP) is 3.35. The van der Waals surface area contributed by atoms with Gasteiger partial charge in [-0.15, -0.1) is 11.3 Å². The van der Waals surface area contributed by atoms with E-state index >= 15 is 0 Å². The van der Waals surface area contributed by atoms with E-state index in [0.29, 0.717) is 36.7 Å². The number of carbonyl (C=O) groups excluding carboxylic acids is 1. The number of rotatable bonds is 9. The summed E-state index contributed by atoms with van der Waals surface area (Å²) in [6.45, 7) is 7.40. The molecule has 164 valence electrons.